The summed E-state index contributed by atoms with van der Waals surface area (Å²) in [7, 11) is 0. The highest BCUT2D eigenvalue weighted by molar-refractivity contribution is 5.81. The van der Waals surface area contributed by atoms with Crippen molar-refractivity contribution >= 4 is 11.9 Å². The number of carbonyl (C=O) groups is 2. The van der Waals surface area contributed by atoms with E-state index in [0.29, 0.717) is 25.9 Å². The predicted octanol–water partition coefficient (Wildman–Crippen LogP) is 2.69. The van der Waals surface area contributed by atoms with Crippen molar-refractivity contribution in [1.29, 1.82) is 0 Å². The molecule has 1 aliphatic rings. The quantitative estimate of drug-likeness (QED) is 0.375. The molecule has 3 atom stereocenters. The van der Waals surface area contributed by atoms with Crippen molar-refractivity contribution in [3.63, 3.8) is 0 Å². The van der Waals surface area contributed by atoms with Gasteiger partial charge in [-0.3, -0.25) is 9.59 Å². The number of hydrogen-bond acceptors (Lipinski definition) is 6. The molecule has 1 fully saturated rings. The molecule has 1 saturated carbocycles. The maximum Gasteiger partial charge on any atom is 0.312 e. The van der Waals surface area contributed by atoms with Crippen LogP contribution in [0.4, 0.5) is 0 Å². The zero-order chi connectivity index (χ0) is 22.9. The molecule has 0 saturated heterocycles. The van der Waals surface area contributed by atoms with Crippen molar-refractivity contribution in [2.45, 2.75) is 53.6 Å². The average molecular weight is 424 g/mol. The number of carboxylic acid groups (broad SMARTS) is 1. The normalized spacial score (nSPS) is 23.2. The second kappa shape index (κ2) is 11.4. The van der Waals surface area contributed by atoms with Crippen molar-refractivity contribution in [2.24, 2.45) is 16.7 Å². The molecule has 2 rings (SSSR count). The number of ether oxygens (including phenoxy) is 1. The molecule has 0 spiro atoms. The van der Waals surface area contributed by atoms with Gasteiger partial charge in [-0.25, -0.2) is 0 Å². The van der Waals surface area contributed by atoms with Crippen LogP contribution in [0.25, 0.3) is 0 Å². The van der Waals surface area contributed by atoms with Gasteiger partial charge in [0.05, 0.1) is 24.5 Å². The van der Waals surface area contributed by atoms with Crippen LogP contribution >= 0.6 is 0 Å². The van der Waals surface area contributed by atoms with Crippen LogP contribution in [0.2, 0.25) is 0 Å². The smallest absolute Gasteiger partial charge is 0.312 e. The fourth-order valence-electron chi connectivity index (χ4n) is 3.78. The first-order chi connectivity index (χ1) is 14.0. The third kappa shape index (κ3) is 6.27. The summed E-state index contributed by atoms with van der Waals surface area (Å²) >= 11 is 0. The molecule has 0 heterocycles. The van der Waals surface area contributed by atoms with Crippen molar-refractivity contribution in [2.75, 3.05) is 26.3 Å². The van der Waals surface area contributed by atoms with Crippen molar-refractivity contribution < 1.29 is 29.6 Å². The first-order valence-corrected chi connectivity index (χ1v) is 10.4. The molecule has 1 aromatic carbocycles. The molecule has 0 aliphatic heterocycles. The fourth-order valence-corrected chi connectivity index (χ4v) is 3.78. The molecule has 30 heavy (non-hydrogen) atoms. The van der Waals surface area contributed by atoms with Crippen molar-refractivity contribution in [1.82, 2.24) is 5.32 Å². The molecule has 7 nitrogen and oxygen atoms in total. The summed E-state index contributed by atoms with van der Waals surface area (Å²) in [4.78, 5) is 24.2. The number of nitrogens with one attached hydrogen (secondary N) is 1. The predicted molar refractivity (Wildman–Crippen MR) is 115 cm³/mol. The highest BCUT2D eigenvalue weighted by Gasteiger charge is 2.59. The van der Waals surface area contributed by atoms with Gasteiger partial charge in [-0.15, -0.1) is 0 Å². The number of carbonyl (C=O) groups excluding carboxylic acids is 1. The molecule has 0 aromatic heterocycles. The van der Waals surface area contributed by atoms with E-state index in [9.17, 15) is 14.7 Å². The molecule has 0 radical (unpaired) electrons. The lowest BCUT2D eigenvalue weighted by Crippen LogP contribution is -2.43. The Bertz CT molecular complexity index is 683. The highest BCUT2D eigenvalue weighted by Crippen LogP contribution is 2.56. The lowest BCUT2D eigenvalue weighted by Gasteiger charge is -2.38. The van der Waals surface area contributed by atoms with Gasteiger partial charge in [0.2, 0.25) is 0 Å². The Morgan fingerprint density at radius 3 is 2.10 bits per heavy atom. The van der Waals surface area contributed by atoms with E-state index >= 15 is 0 Å². The first kappa shape index (κ1) is 26.1. The minimum atomic E-state index is -0.835. The molecule has 0 bridgehead atoms. The van der Waals surface area contributed by atoms with Crippen LogP contribution < -0.4 is 5.32 Å². The molecular formula is C23H37NO6. The minimum absolute atomic E-state index is 0.139. The van der Waals surface area contributed by atoms with Crippen LogP contribution in [-0.2, 0) is 14.3 Å². The SMILES string of the molecule is Cc1ccc(C(C)OC(=O)[C@]2(C)CC[C@H](C(=O)O)C2(C)C)cc1.OCCNCCO. The molecule has 0 amide bonds. The van der Waals surface area contributed by atoms with E-state index in [1.807, 2.05) is 58.9 Å². The number of aliphatic carboxylic acids is 1. The number of aliphatic hydroxyl groups excluding tert-OH is 2. The van der Waals surface area contributed by atoms with Gasteiger partial charge in [0.25, 0.3) is 0 Å². The topological polar surface area (TPSA) is 116 Å². The van der Waals surface area contributed by atoms with E-state index in [0.717, 1.165) is 11.1 Å². The lowest BCUT2D eigenvalue weighted by molar-refractivity contribution is -0.168. The Balaban J connectivity index is 0.000000553. The number of aliphatic hydroxyl groups is 2. The van der Waals surface area contributed by atoms with E-state index < -0.39 is 22.7 Å². The summed E-state index contributed by atoms with van der Waals surface area (Å²) in [5.74, 6) is -1.66. The number of rotatable bonds is 8. The van der Waals surface area contributed by atoms with Gasteiger partial charge >= 0.3 is 11.9 Å². The van der Waals surface area contributed by atoms with Gasteiger partial charge in [-0.05, 0) is 44.6 Å². The summed E-state index contributed by atoms with van der Waals surface area (Å²) in [5.41, 5.74) is 0.677. The molecule has 1 aromatic rings. The standard InChI is InChI=1S/C19H26O4.C4H11NO2/c1-12-6-8-14(9-7-12)13(2)23-17(22)19(5)11-10-15(16(20)21)18(19,3)4;6-3-1-5-2-4-7/h6-9,13,15H,10-11H2,1-5H3,(H,20,21);5-7H,1-4H2/t13?,15-,19+;/m1./s1. The Morgan fingerprint density at radius 1 is 1.13 bits per heavy atom. The number of carboxylic acids is 1. The Labute approximate surface area is 179 Å². The number of hydrogen-bond donors (Lipinski definition) is 4. The minimum Gasteiger partial charge on any atom is -0.481 e. The van der Waals surface area contributed by atoms with E-state index in [-0.39, 0.29) is 25.3 Å². The monoisotopic (exact) mass is 423 g/mol. The third-order valence-electron chi connectivity index (χ3n) is 6.38. The molecule has 7 heteroatoms. The van der Waals surface area contributed by atoms with Gasteiger partial charge in [-0.1, -0.05) is 43.7 Å². The van der Waals surface area contributed by atoms with E-state index in [2.05, 4.69) is 5.32 Å². The van der Waals surface area contributed by atoms with Crippen LogP contribution in [0.3, 0.4) is 0 Å². The molecule has 170 valence electrons. The van der Waals surface area contributed by atoms with Crippen LogP contribution in [-0.4, -0.2) is 53.6 Å². The first-order valence-electron chi connectivity index (χ1n) is 10.4. The Morgan fingerprint density at radius 2 is 1.67 bits per heavy atom. The number of esters is 1. The van der Waals surface area contributed by atoms with Gasteiger partial charge in [0.15, 0.2) is 0 Å². The van der Waals surface area contributed by atoms with E-state index in [4.69, 9.17) is 14.9 Å². The van der Waals surface area contributed by atoms with Crippen LogP contribution in [0.5, 0.6) is 0 Å². The van der Waals surface area contributed by atoms with Crippen LogP contribution in [0.15, 0.2) is 24.3 Å². The lowest BCUT2D eigenvalue weighted by atomic mass is 9.65. The molecule has 1 unspecified atom stereocenters. The van der Waals surface area contributed by atoms with E-state index in [1.54, 1.807) is 0 Å². The van der Waals surface area contributed by atoms with Crippen LogP contribution in [0, 0.1) is 23.7 Å². The summed E-state index contributed by atoms with van der Waals surface area (Å²) in [6.07, 6.45) is 0.697. The zero-order valence-corrected chi connectivity index (χ0v) is 18.8. The van der Waals surface area contributed by atoms with Crippen molar-refractivity contribution in [3.05, 3.63) is 35.4 Å². The van der Waals surface area contributed by atoms with Crippen LogP contribution in [0.1, 0.15) is 57.8 Å². The maximum absolute atomic E-state index is 12.8. The third-order valence-corrected chi connectivity index (χ3v) is 6.38. The van der Waals surface area contributed by atoms with Gasteiger partial charge in [0, 0.05) is 13.1 Å². The zero-order valence-electron chi connectivity index (χ0n) is 18.8. The second-order valence-electron chi connectivity index (χ2n) is 8.64. The van der Waals surface area contributed by atoms with Gasteiger partial charge < -0.3 is 25.4 Å². The highest BCUT2D eigenvalue weighted by atomic mass is 16.5. The fraction of sp³-hybridized carbons (Fsp3) is 0.652. The molecular weight excluding hydrogens is 386 g/mol. The number of benzene rings is 1. The van der Waals surface area contributed by atoms with Gasteiger partial charge in [-0.2, -0.15) is 0 Å². The Hall–Kier alpha value is -1.96. The second-order valence-corrected chi connectivity index (χ2v) is 8.64. The van der Waals surface area contributed by atoms with Crippen molar-refractivity contribution in [3.8, 4) is 0 Å². The number of aryl methyl sites for hydroxylation is 1. The molecule has 4 N–H and O–H groups in total. The largest absolute Gasteiger partial charge is 0.481 e. The average Bonchev–Trinajstić information content (AvgIpc) is 2.93. The molecule has 1 aliphatic carbocycles. The summed E-state index contributed by atoms with van der Waals surface area (Å²) < 4.78 is 5.70. The van der Waals surface area contributed by atoms with E-state index in [1.165, 1.54) is 0 Å². The summed E-state index contributed by atoms with van der Waals surface area (Å²) in [6, 6.07) is 7.88. The maximum atomic E-state index is 12.8. The summed E-state index contributed by atoms with van der Waals surface area (Å²) in [5, 5.41) is 28.5. The van der Waals surface area contributed by atoms with Gasteiger partial charge in [0.1, 0.15) is 6.10 Å². The Kier molecular flexibility index (Phi) is 9.94. The summed E-state index contributed by atoms with van der Waals surface area (Å²) in [6.45, 7) is 10.8.